The van der Waals surface area contributed by atoms with E-state index in [1.165, 1.54) is 44.5 Å². The molecule has 0 amide bonds. The fraction of sp³-hybridized carbons (Fsp3) is 0.259. The van der Waals surface area contributed by atoms with E-state index in [-0.39, 0.29) is 5.41 Å². The van der Waals surface area contributed by atoms with Crippen molar-refractivity contribution in [2.24, 2.45) is 5.41 Å². The van der Waals surface area contributed by atoms with Crippen molar-refractivity contribution in [1.82, 2.24) is 0 Å². The molecule has 27 heavy (non-hydrogen) atoms. The molecule has 136 valence electrons. The highest BCUT2D eigenvalue weighted by Gasteiger charge is 2.26. The van der Waals surface area contributed by atoms with Gasteiger partial charge in [-0.05, 0) is 57.2 Å². The molecule has 0 saturated heterocycles. The lowest BCUT2D eigenvalue weighted by atomic mass is 9.85. The smallest absolute Gasteiger partial charge is 0.00523 e. The Morgan fingerprint density at radius 1 is 0.778 bits per heavy atom. The standard InChI is InChI=1S/C27H28/c1-5-19-15-16-21-17-22(27(2,3)4)18-25(21)26(19)24-14-10-9-13-23(24)20-11-7-6-8-12-20/h6-16,18H,5,17H2,1-4H3. The van der Waals surface area contributed by atoms with Crippen LogP contribution in [0.2, 0.25) is 0 Å². The molecule has 0 saturated carbocycles. The molecular weight excluding hydrogens is 324 g/mol. The lowest BCUT2D eigenvalue weighted by Gasteiger charge is -2.19. The van der Waals surface area contributed by atoms with Crippen LogP contribution in [-0.4, -0.2) is 0 Å². The van der Waals surface area contributed by atoms with Crippen LogP contribution in [0.1, 0.15) is 44.4 Å². The minimum Gasteiger partial charge on any atom is -0.0622 e. The summed E-state index contributed by atoms with van der Waals surface area (Å²) in [5.41, 5.74) is 11.5. The van der Waals surface area contributed by atoms with Crippen LogP contribution in [0.25, 0.3) is 28.3 Å². The third-order valence-corrected chi connectivity index (χ3v) is 5.75. The normalized spacial score (nSPS) is 13.4. The second-order valence-corrected chi connectivity index (χ2v) is 8.53. The van der Waals surface area contributed by atoms with Crippen LogP contribution in [0.15, 0.2) is 72.3 Å². The number of hydrogen-bond donors (Lipinski definition) is 0. The molecule has 4 rings (SSSR count). The molecule has 0 nitrogen and oxygen atoms in total. The molecule has 0 aromatic heterocycles. The molecule has 0 radical (unpaired) electrons. The molecule has 3 aromatic carbocycles. The maximum Gasteiger partial charge on any atom is -0.00523 e. The van der Waals surface area contributed by atoms with Crippen LogP contribution >= 0.6 is 0 Å². The predicted molar refractivity (Wildman–Crippen MR) is 118 cm³/mol. The van der Waals surface area contributed by atoms with Crippen molar-refractivity contribution in [3.63, 3.8) is 0 Å². The highest BCUT2D eigenvalue weighted by atomic mass is 14.3. The van der Waals surface area contributed by atoms with Crippen LogP contribution in [0.3, 0.4) is 0 Å². The van der Waals surface area contributed by atoms with Crippen LogP contribution in [0, 0.1) is 5.41 Å². The van der Waals surface area contributed by atoms with Crippen molar-refractivity contribution in [1.29, 1.82) is 0 Å². The van der Waals surface area contributed by atoms with Gasteiger partial charge in [0.05, 0.1) is 0 Å². The molecular formula is C27H28. The van der Waals surface area contributed by atoms with Crippen molar-refractivity contribution in [3.8, 4) is 22.3 Å². The van der Waals surface area contributed by atoms with Crippen molar-refractivity contribution >= 4 is 6.08 Å². The third-order valence-electron chi connectivity index (χ3n) is 5.75. The van der Waals surface area contributed by atoms with Gasteiger partial charge in [-0.2, -0.15) is 0 Å². The first-order valence-electron chi connectivity index (χ1n) is 9.99. The predicted octanol–water partition coefficient (Wildman–Crippen LogP) is 7.57. The maximum absolute atomic E-state index is 2.46. The van der Waals surface area contributed by atoms with Gasteiger partial charge in [-0.15, -0.1) is 0 Å². The zero-order chi connectivity index (χ0) is 19.0. The number of aryl methyl sites for hydroxylation is 1. The van der Waals surface area contributed by atoms with E-state index in [9.17, 15) is 0 Å². The second kappa shape index (κ2) is 6.85. The monoisotopic (exact) mass is 352 g/mol. The molecule has 0 N–H and O–H groups in total. The summed E-state index contributed by atoms with van der Waals surface area (Å²) in [5, 5.41) is 0. The fourth-order valence-electron chi connectivity index (χ4n) is 4.12. The summed E-state index contributed by atoms with van der Waals surface area (Å²) in [6.07, 6.45) is 4.58. The molecule has 0 spiro atoms. The minimum absolute atomic E-state index is 0.210. The van der Waals surface area contributed by atoms with Gasteiger partial charge in [-0.1, -0.05) is 106 Å². The van der Waals surface area contributed by atoms with Gasteiger partial charge in [-0.3, -0.25) is 0 Å². The Morgan fingerprint density at radius 2 is 1.44 bits per heavy atom. The zero-order valence-electron chi connectivity index (χ0n) is 16.8. The largest absolute Gasteiger partial charge is 0.0622 e. The fourth-order valence-corrected chi connectivity index (χ4v) is 4.12. The van der Waals surface area contributed by atoms with E-state index in [1.807, 2.05) is 0 Å². The first-order valence-corrected chi connectivity index (χ1v) is 9.99. The lowest BCUT2D eigenvalue weighted by molar-refractivity contribution is 0.498. The Hall–Kier alpha value is -2.60. The van der Waals surface area contributed by atoms with E-state index >= 15 is 0 Å². The van der Waals surface area contributed by atoms with Gasteiger partial charge in [0, 0.05) is 0 Å². The van der Waals surface area contributed by atoms with Crippen LogP contribution in [0.4, 0.5) is 0 Å². The molecule has 0 unspecified atom stereocenters. The van der Waals surface area contributed by atoms with Gasteiger partial charge in [0.2, 0.25) is 0 Å². The van der Waals surface area contributed by atoms with E-state index < -0.39 is 0 Å². The zero-order valence-corrected chi connectivity index (χ0v) is 16.8. The summed E-state index contributed by atoms with van der Waals surface area (Å²) in [4.78, 5) is 0. The molecule has 1 aliphatic rings. The Morgan fingerprint density at radius 3 is 2.11 bits per heavy atom. The van der Waals surface area contributed by atoms with Crippen molar-refractivity contribution in [2.45, 2.75) is 40.5 Å². The van der Waals surface area contributed by atoms with Gasteiger partial charge >= 0.3 is 0 Å². The molecule has 0 bridgehead atoms. The summed E-state index contributed by atoms with van der Waals surface area (Å²) in [5.74, 6) is 0. The summed E-state index contributed by atoms with van der Waals surface area (Å²) in [7, 11) is 0. The Balaban J connectivity index is 1.97. The molecule has 1 aliphatic carbocycles. The Labute approximate surface area is 163 Å². The number of allylic oxidation sites excluding steroid dienone is 1. The molecule has 0 heteroatoms. The number of benzene rings is 3. The Bertz CT molecular complexity index is 998. The van der Waals surface area contributed by atoms with E-state index in [0.29, 0.717) is 0 Å². The van der Waals surface area contributed by atoms with Gasteiger partial charge in [0.15, 0.2) is 0 Å². The summed E-state index contributed by atoms with van der Waals surface area (Å²) in [6.45, 7) is 9.23. The Kier molecular flexibility index (Phi) is 4.52. The molecule has 3 aromatic rings. The first kappa shape index (κ1) is 17.8. The summed E-state index contributed by atoms with van der Waals surface area (Å²) in [6, 6.07) is 24.3. The van der Waals surface area contributed by atoms with Gasteiger partial charge in [0.1, 0.15) is 0 Å². The van der Waals surface area contributed by atoms with Crippen molar-refractivity contribution < 1.29 is 0 Å². The number of fused-ring (bicyclic) bond motifs is 1. The average Bonchev–Trinajstić information content (AvgIpc) is 3.13. The van der Waals surface area contributed by atoms with Crippen LogP contribution in [-0.2, 0) is 12.8 Å². The summed E-state index contributed by atoms with van der Waals surface area (Å²) < 4.78 is 0. The topological polar surface area (TPSA) is 0 Å². The van der Waals surface area contributed by atoms with E-state index in [2.05, 4.69) is 101 Å². The summed E-state index contributed by atoms with van der Waals surface area (Å²) >= 11 is 0. The quantitative estimate of drug-likeness (QED) is 0.456. The minimum atomic E-state index is 0.210. The maximum atomic E-state index is 2.46. The van der Waals surface area contributed by atoms with Crippen molar-refractivity contribution in [2.75, 3.05) is 0 Å². The molecule has 0 atom stereocenters. The van der Waals surface area contributed by atoms with Gasteiger partial charge in [0.25, 0.3) is 0 Å². The highest BCUT2D eigenvalue weighted by molar-refractivity contribution is 5.91. The van der Waals surface area contributed by atoms with Crippen LogP contribution < -0.4 is 0 Å². The van der Waals surface area contributed by atoms with Crippen molar-refractivity contribution in [3.05, 3.63) is 89.0 Å². The van der Waals surface area contributed by atoms with E-state index in [4.69, 9.17) is 0 Å². The number of rotatable bonds is 3. The average molecular weight is 353 g/mol. The van der Waals surface area contributed by atoms with E-state index in [0.717, 1.165) is 12.8 Å². The first-order chi connectivity index (χ1) is 13.0. The van der Waals surface area contributed by atoms with Gasteiger partial charge < -0.3 is 0 Å². The van der Waals surface area contributed by atoms with Gasteiger partial charge in [-0.25, -0.2) is 0 Å². The molecule has 0 fully saturated rings. The molecule has 0 heterocycles. The second-order valence-electron chi connectivity index (χ2n) is 8.53. The third kappa shape index (κ3) is 3.25. The number of hydrogen-bond acceptors (Lipinski definition) is 0. The van der Waals surface area contributed by atoms with E-state index in [1.54, 1.807) is 0 Å². The van der Waals surface area contributed by atoms with Crippen LogP contribution in [0.5, 0.6) is 0 Å². The lowest BCUT2D eigenvalue weighted by Crippen LogP contribution is -2.08. The highest BCUT2D eigenvalue weighted by Crippen LogP contribution is 2.44. The molecule has 0 aliphatic heterocycles. The SMILES string of the molecule is CCc1ccc2c(c1-c1ccccc1-c1ccccc1)C=C(C(C)(C)C)C2.